The number of nitrogens with two attached hydrogens (primary N) is 1. The quantitative estimate of drug-likeness (QED) is 0.531. The highest BCUT2D eigenvalue weighted by Gasteiger charge is 2.38. The Labute approximate surface area is 60.7 Å². The summed E-state index contributed by atoms with van der Waals surface area (Å²) < 4.78 is 0. The van der Waals surface area contributed by atoms with Gasteiger partial charge in [-0.25, -0.2) is 0 Å². The molecule has 0 bridgehead atoms. The molecule has 3 nitrogen and oxygen atoms in total. The summed E-state index contributed by atoms with van der Waals surface area (Å²) in [5.74, 6) is 1.05. The van der Waals surface area contributed by atoms with Crippen LogP contribution in [0.5, 0.6) is 0 Å². The predicted octanol–water partition coefficient (Wildman–Crippen LogP) is -0.131. The molecule has 1 heterocycles. The second-order valence-corrected chi connectivity index (χ2v) is 3.17. The standard InChI is InChI=1S/C7H13N3/c8-7(2-1-3-7)6-9-4-5-10-6/h1-5,8H2,(H,9,10). The van der Waals surface area contributed by atoms with Gasteiger partial charge in [0.2, 0.25) is 0 Å². The third-order valence-corrected chi connectivity index (χ3v) is 2.39. The minimum absolute atomic E-state index is 0.0590. The average molecular weight is 139 g/mol. The lowest BCUT2D eigenvalue weighted by Crippen LogP contribution is -2.57. The van der Waals surface area contributed by atoms with Gasteiger partial charge < -0.3 is 11.1 Å². The van der Waals surface area contributed by atoms with Crippen molar-refractivity contribution in [3.8, 4) is 0 Å². The second kappa shape index (κ2) is 1.95. The van der Waals surface area contributed by atoms with Crippen LogP contribution in [0.3, 0.4) is 0 Å². The number of amidine groups is 1. The largest absolute Gasteiger partial charge is 0.370 e. The van der Waals surface area contributed by atoms with E-state index in [0.29, 0.717) is 0 Å². The molecule has 2 aliphatic rings. The maximum Gasteiger partial charge on any atom is 0.117 e. The first-order chi connectivity index (χ1) is 4.81. The lowest BCUT2D eigenvalue weighted by atomic mass is 9.77. The van der Waals surface area contributed by atoms with Crippen LogP contribution in [0.15, 0.2) is 4.99 Å². The van der Waals surface area contributed by atoms with Gasteiger partial charge in [-0.2, -0.15) is 0 Å². The van der Waals surface area contributed by atoms with E-state index in [9.17, 15) is 0 Å². The molecule has 3 N–H and O–H groups in total. The van der Waals surface area contributed by atoms with E-state index < -0.39 is 0 Å². The van der Waals surface area contributed by atoms with Crippen LogP contribution in [0, 0.1) is 0 Å². The van der Waals surface area contributed by atoms with E-state index in [4.69, 9.17) is 5.73 Å². The zero-order chi connectivity index (χ0) is 7.03. The van der Waals surface area contributed by atoms with Crippen molar-refractivity contribution in [3.63, 3.8) is 0 Å². The third kappa shape index (κ3) is 0.736. The molecular weight excluding hydrogens is 126 g/mol. The molecule has 0 aromatic carbocycles. The molecule has 0 aromatic rings. The molecule has 0 spiro atoms. The van der Waals surface area contributed by atoms with Gasteiger partial charge in [0.25, 0.3) is 0 Å². The molecule has 0 aromatic heterocycles. The van der Waals surface area contributed by atoms with E-state index in [1.165, 1.54) is 6.42 Å². The Hall–Kier alpha value is -0.570. The van der Waals surface area contributed by atoms with Gasteiger partial charge in [-0.3, -0.25) is 4.99 Å². The Bertz CT molecular complexity index is 170. The summed E-state index contributed by atoms with van der Waals surface area (Å²) in [6.07, 6.45) is 3.48. The van der Waals surface area contributed by atoms with Crippen molar-refractivity contribution >= 4 is 5.84 Å². The van der Waals surface area contributed by atoms with E-state index in [2.05, 4.69) is 10.3 Å². The first-order valence-corrected chi connectivity index (χ1v) is 3.89. The van der Waals surface area contributed by atoms with Crippen LogP contribution in [0.1, 0.15) is 19.3 Å². The normalized spacial score (nSPS) is 28.7. The molecule has 1 aliphatic carbocycles. The van der Waals surface area contributed by atoms with Crippen LogP contribution in [-0.2, 0) is 0 Å². The van der Waals surface area contributed by atoms with Crippen LogP contribution in [-0.4, -0.2) is 24.5 Å². The molecule has 1 saturated carbocycles. The molecule has 1 fully saturated rings. The fourth-order valence-corrected chi connectivity index (χ4v) is 1.53. The maximum atomic E-state index is 6.01. The molecule has 0 amide bonds. The smallest absolute Gasteiger partial charge is 0.117 e. The highest BCUT2D eigenvalue weighted by atomic mass is 15.1. The SMILES string of the molecule is NC1(C2=NCCN2)CCC1. The number of hydrogen-bond acceptors (Lipinski definition) is 3. The zero-order valence-corrected chi connectivity index (χ0v) is 6.06. The molecule has 0 atom stereocenters. The summed E-state index contributed by atoms with van der Waals surface area (Å²) in [7, 11) is 0. The van der Waals surface area contributed by atoms with Crippen LogP contribution >= 0.6 is 0 Å². The van der Waals surface area contributed by atoms with Crippen molar-refractivity contribution in [3.05, 3.63) is 0 Å². The van der Waals surface area contributed by atoms with Crippen molar-refractivity contribution in [1.29, 1.82) is 0 Å². The molecule has 0 saturated heterocycles. The van der Waals surface area contributed by atoms with Crippen LogP contribution < -0.4 is 11.1 Å². The van der Waals surface area contributed by atoms with Crippen molar-refractivity contribution in [2.75, 3.05) is 13.1 Å². The fourth-order valence-electron chi connectivity index (χ4n) is 1.53. The molecule has 2 rings (SSSR count). The topological polar surface area (TPSA) is 50.4 Å². The minimum atomic E-state index is -0.0590. The molecule has 56 valence electrons. The van der Waals surface area contributed by atoms with Crippen molar-refractivity contribution < 1.29 is 0 Å². The van der Waals surface area contributed by atoms with Crippen molar-refractivity contribution in [1.82, 2.24) is 5.32 Å². The third-order valence-electron chi connectivity index (χ3n) is 2.39. The Balaban J connectivity index is 2.09. The van der Waals surface area contributed by atoms with Crippen molar-refractivity contribution in [2.45, 2.75) is 24.8 Å². The number of hydrogen-bond donors (Lipinski definition) is 2. The van der Waals surface area contributed by atoms with Gasteiger partial charge in [0.15, 0.2) is 0 Å². The lowest BCUT2D eigenvalue weighted by molar-refractivity contribution is 0.337. The van der Waals surface area contributed by atoms with E-state index >= 15 is 0 Å². The Morgan fingerprint density at radius 1 is 1.50 bits per heavy atom. The molecule has 3 heteroatoms. The monoisotopic (exact) mass is 139 g/mol. The summed E-state index contributed by atoms with van der Waals surface area (Å²) in [5, 5.41) is 3.22. The first-order valence-electron chi connectivity index (χ1n) is 3.89. The lowest BCUT2D eigenvalue weighted by Gasteiger charge is -2.37. The summed E-state index contributed by atoms with van der Waals surface area (Å²) >= 11 is 0. The van der Waals surface area contributed by atoms with E-state index in [1.54, 1.807) is 0 Å². The molecule has 0 unspecified atom stereocenters. The van der Waals surface area contributed by atoms with Gasteiger partial charge in [0.1, 0.15) is 5.84 Å². The highest BCUT2D eigenvalue weighted by Crippen LogP contribution is 2.30. The van der Waals surface area contributed by atoms with Crippen molar-refractivity contribution in [2.24, 2.45) is 10.7 Å². The van der Waals surface area contributed by atoms with Crippen LogP contribution in [0.25, 0.3) is 0 Å². The highest BCUT2D eigenvalue weighted by molar-refractivity contribution is 5.93. The van der Waals surface area contributed by atoms with Gasteiger partial charge in [-0.1, -0.05) is 0 Å². The predicted molar refractivity (Wildman–Crippen MR) is 41.1 cm³/mol. The van der Waals surface area contributed by atoms with Gasteiger partial charge in [-0.15, -0.1) is 0 Å². The summed E-state index contributed by atoms with van der Waals surface area (Å²) in [6.45, 7) is 1.89. The van der Waals surface area contributed by atoms with Gasteiger partial charge in [-0.05, 0) is 19.3 Å². The first kappa shape index (κ1) is 6.16. The van der Waals surface area contributed by atoms with E-state index in [1.807, 2.05) is 0 Å². The summed E-state index contributed by atoms with van der Waals surface area (Å²) in [6, 6.07) is 0. The van der Waals surface area contributed by atoms with Gasteiger partial charge in [0, 0.05) is 6.54 Å². The molecule has 0 radical (unpaired) electrons. The maximum absolute atomic E-state index is 6.01. The summed E-state index contributed by atoms with van der Waals surface area (Å²) in [5.41, 5.74) is 5.96. The molecule has 10 heavy (non-hydrogen) atoms. The molecule has 1 aliphatic heterocycles. The van der Waals surface area contributed by atoms with E-state index in [0.717, 1.165) is 31.8 Å². The second-order valence-electron chi connectivity index (χ2n) is 3.17. The number of nitrogens with one attached hydrogen (secondary N) is 1. The Kier molecular flexibility index (Phi) is 1.20. The van der Waals surface area contributed by atoms with Crippen LogP contribution in [0.4, 0.5) is 0 Å². The zero-order valence-electron chi connectivity index (χ0n) is 6.06. The number of rotatable bonds is 1. The van der Waals surface area contributed by atoms with Crippen LogP contribution in [0.2, 0.25) is 0 Å². The van der Waals surface area contributed by atoms with Gasteiger partial charge >= 0.3 is 0 Å². The Morgan fingerprint density at radius 2 is 2.30 bits per heavy atom. The number of aliphatic imine (C=N–C) groups is 1. The number of nitrogens with zero attached hydrogens (tertiary/aromatic N) is 1. The fraction of sp³-hybridized carbons (Fsp3) is 0.857. The summed E-state index contributed by atoms with van der Waals surface area (Å²) in [4.78, 5) is 4.31. The van der Waals surface area contributed by atoms with E-state index in [-0.39, 0.29) is 5.54 Å². The molecular formula is C7H13N3. The minimum Gasteiger partial charge on any atom is -0.370 e. The average Bonchev–Trinajstić information content (AvgIpc) is 2.33. The van der Waals surface area contributed by atoms with Gasteiger partial charge in [0.05, 0.1) is 12.1 Å². The Morgan fingerprint density at radius 3 is 2.70 bits per heavy atom.